The maximum Gasteiger partial charge on any atom is 0.253 e. The second-order valence-corrected chi connectivity index (χ2v) is 10.2. The van der Waals surface area contributed by atoms with Crippen molar-refractivity contribution < 1.29 is 0 Å². The van der Waals surface area contributed by atoms with Crippen LogP contribution in [0.2, 0.25) is 0 Å². The molecule has 35 heavy (non-hydrogen) atoms. The molecular formula is C29H38N4OS. The molecule has 0 fully saturated rings. The lowest BCUT2D eigenvalue weighted by Gasteiger charge is -2.33. The Balaban J connectivity index is 1.91. The van der Waals surface area contributed by atoms with Crippen LogP contribution in [-0.2, 0) is 20.0 Å². The van der Waals surface area contributed by atoms with Gasteiger partial charge in [-0.1, -0.05) is 43.8 Å². The fraction of sp³-hybridized carbons (Fsp3) is 0.414. The van der Waals surface area contributed by atoms with E-state index in [0.29, 0.717) is 5.82 Å². The van der Waals surface area contributed by atoms with E-state index in [0.717, 1.165) is 43.6 Å². The molecule has 0 aromatic carbocycles. The zero-order valence-corrected chi connectivity index (χ0v) is 23.0. The number of aromatic nitrogens is 3. The zero-order chi connectivity index (χ0) is 25.5. The Hall–Kier alpha value is -2.86. The minimum Gasteiger partial charge on any atom is -0.367 e. The van der Waals surface area contributed by atoms with Gasteiger partial charge in [0.2, 0.25) is 0 Å². The van der Waals surface area contributed by atoms with Gasteiger partial charge in [0, 0.05) is 66.4 Å². The number of thioether (sulfide) groups is 1. The van der Waals surface area contributed by atoms with E-state index in [-0.39, 0.29) is 5.56 Å². The molecule has 5 nitrogen and oxygen atoms in total. The molecule has 0 saturated carbocycles. The van der Waals surface area contributed by atoms with E-state index in [2.05, 4.69) is 68.8 Å². The van der Waals surface area contributed by atoms with Gasteiger partial charge in [0.1, 0.15) is 5.82 Å². The minimum absolute atomic E-state index is 0.0373. The summed E-state index contributed by atoms with van der Waals surface area (Å²) in [5.41, 5.74) is 6.65. The molecule has 0 N–H and O–H groups in total. The largest absolute Gasteiger partial charge is 0.367 e. The lowest BCUT2D eigenvalue weighted by molar-refractivity contribution is 0.324. The fourth-order valence-corrected chi connectivity index (χ4v) is 5.30. The quantitative estimate of drug-likeness (QED) is 0.388. The summed E-state index contributed by atoms with van der Waals surface area (Å²) >= 11 is 1.81. The smallest absolute Gasteiger partial charge is 0.253 e. The first-order chi connectivity index (χ1) is 16.8. The van der Waals surface area contributed by atoms with Crippen molar-refractivity contribution in [2.45, 2.75) is 67.3 Å². The van der Waals surface area contributed by atoms with Crippen molar-refractivity contribution in [3.05, 3.63) is 91.4 Å². The Morgan fingerprint density at radius 1 is 1.17 bits per heavy atom. The molecule has 0 atom stereocenters. The molecule has 0 spiro atoms. The van der Waals surface area contributed by atoms with Crippen molar-refractivity contribution in [3.8, 4) is 0 Å². The molecule has 2 aromatic rings. The minimum atomic E-state index is -0.0373. The number of allylic oxidation sites excluding steroid dienone is 5. The van der Waals surface area contributed by atoms with Crippen LogP contribution in [-0.4, -0.2) is 26.0 Å². The zero-order valence-electron chi connectivity index (χ0n) is 22.2. The maximum atomic E-state index is 12.2. The van der Waals surface area contributed by atoms with Crippen LogP contribution in [0.1, 0.15) is 75.8 Å². The lowest BCUT2D eigenvalue weighted by Crippen LogP contribution is -2.31. The average molecular weight is 491 g/mol. The normalized spacial score (nSPS) is 15.5. The monoisotopic (exact) mass is 490 g/mol. The highest BCUT2D eigenvalue weighted by Crippen LogP contribution is 2.35. The summed E-state index contributed by atoms with van der Waals surface area (Å²) in [4.78, 5) is 26.7. The first kappa shape index (κ1) is 26.7. The molecule has 186 valence electrons. The first-order valence-electron chi connectivity index (χ1n) is 12.4. The van der Waals surface area contributed by atoms with Gasteiger partial charge in [-0.2, -0.15) is 0 Å². The third kappa shape index (κ3) is 6.63. The Morgan fingerprint density at radius 2 is 1.91 bits per heavy atom. The van der Waals surface area contributed by atoms with Crippen LogP contribution in [0.15, 0.2) is 57.5 Å². The third-order valence-electron chi connectivity index (χ3n) is 6.13. The molecule has 1 aliphatic heterocycles. The van der Waals surface area contributed by atoms with Crippen molar-refractivity contribution >= 4 is 22.7 Å². The number of rotatable bonds is 8. The van der Waals surface area contributed by atoms with Gasteiger partial charge < -0.3 is 4.90 Å². The summed E-state index contributed by atoms with van der Waals surface area (Å²) in [6.07, 6.45) is 13.6. The summed E-state index contributed by atoms with van der Waals surface area (Å²) in [5, 5.41) is 0. The number of pyridine rings is 1. The van der Waals surface area contributed by atoms with Gasteiger partial charge in [0.15, 0.2) is 0 Å². The Kier molecular flexibility index (Phi) is 9.33. The highest BCUT2D eigenvalue weighted by Gasteiger charge is 2.21. The molecule has 0 aliphatic carbocycles. The fourth-order valence-electron chi connectivity index (χ4n) is 4.36. The summed E-state index contributed by atoms with van der Waals surface area (Å²) < 4.78 is 1.60. The lowest BCUT2D eigenvalue weighted by atomic mass is 10.0. The molecule has 0 radical (unpaired) electrons. The molecule has 0 saturated heterocycles. The van der Waals surface area contributed by atoms with Gasteiger partial charge in [0.25, 0.3) is 5.56 Å². The van der Waals surface area contributed by atoms with Crippen molar-refractivity contribution in [1.29, 1.82) is 0 Å². The van der Waals surface area contributed by atoms with Crippen molar-refractivity contribution in [1.82, 2.24) is 19.4 Å². The van der Waals surface area contributed by atoms with Crippen LogP contribution in [0.3, 0.4) is 0 Å². The highest BCUT2D eigenvalue weighted by molar-refractivity contribution is 8.11. The Bertz CT molecular complexity index is 1250. The van der Waals surface area contributed by atoms with E-state index in [9.17, 15) is 4.79 Å². The Labute approximate surface area is 214 Å². The molecule has 3 rings (SSSR count). The molecule has 6 heteroatoms. The van der Waals surface area contributed by atoms with Crippen LogP contribution in [0.4, 0.5) is 0 Å². The molecule has 0 bridgehead atoms. The van der Waals surface area contributed by atoms with E-state index in [4.69, 9.17) is 4.98 Å². The highest BCUT2D eigenvalue weighted by atomic mass is 32.2. The van der Waals surface area contributed by atoms with E-state index < -0.39 is 0 Å². The maximum absolute atomic E-state index is 12.2. The van der Waals surface area contributed by atoms with Gasteiger partial charge >= 0.3 is 0 Å². The number of hydrogen-bond acceptors (Lipinski definition) is 5. The van der Waals surface area contributed by atoms with Gasteiger partial charge in [-0.3, -0.25) is 14.3 Å². The van der Waals surface area contributed by atoms with Crippen LogP contribution in [0.25, 0.3) is 11.0 Å². The van der Waals surface area contributed by atoms with Gasteiger partial charge in [-0.25, -0.2) is 4.98 Å². The van der Waals surface area contributed by atoms with Gasteiger partial charge in [-0.05, 0) is 68.7 Å². The predicted octanol–water partition coefficient (Wildman–Crippen LogP) is 6.65. The molecular weight excluding hydrogens is 452 g/mol. The summed E-state index contributed by atoms with van der Waals surface area (Å²) in [6.45, 7) is 14.3. The number of fused-ring (bicyclic) bond motifs is 1. The molecule has 3 heterocycles. The predicted molar refractivity (Wildman–Crippen MR) is 150 cm³/mol. The number of hydrogen-bond donors (Lipinski definition) is 0. The summed E-state index contributed by atoms with van der Waals surface area (Å²) in [7, 11) is 1.77. The van der Waals surface area contributed by atoms with Crippen LogP contribution >= 0.6 is 11.8 Å². The number of nitrogens with zero attached hydrogens (tertiary/aromatic N) is 4. The molecule has 1 aliphatic rings. The average Bonchev–Trinajstić information content (AvgIpc) is 2.83. The van der Waals surface area contributed by atoms with Gasteiger partial charge in [0.05, 0.1) is 0 Å². The summed E-state index contributed by atoms with van der Waals surface area (Å²) in [5.74, 6) is 0.682. The second kappa shape index (κ2) is 12.2. The van der Waals surface area contributed by atoms with Crippen LogP contribution in [0.5, 0.6) is 0 Å². The molecule has 0 unspecified atom stereocenters. The number of aryl methyl sites for hydroxylation is 1. The van der Waals surface area contributed by atoms with E-state index in [1.54, 1.807) is 17.7 Å². The second-order valence-electron chi connectivity index (χ2n) is 8.96. The van der Waals surface area contributed by atoms with Crippen molar-refractivity contribution in [2.24, 2.45) is 7.05 Å². The van der Waals surface area contributed by atoms with Crippen molar-refractivity contribution in [2.75, 3.05) is 6.54 Å². The van der Waals surface area contributed by atoms with E-state index >= 15 is 0 Å². The van der Waals surface area contributed by atoms with Crippen molar-refractivity contribution in [3.63, 3.8) is 0 Å². The Morgan fingerprint density at radius 3 is 2.60 bits per heavy atom. The topological polar surface area (TPSA) is 51.0 Å². The van der Waals surface area contributed by atoms with Crippen LogP contribution in [0, 0.1) is 6.92 Å². The standard InChI is InChI=1S/C29H38N4OS/c1-8-11-22(6)35-27(10-3)23-17-24-19-33(14-13-25(24)30-18-23)26(12-9-2)20(4)15-28-31-21(5)16-29(34)32(28)7/h10-12,15-18H,8-9,13-14,19H2,1-7H3/b20-15-,22-11-,26-12-,27-10-. The van der Waals surface area contributed by atoms with E-state index in [1.165, 1.54) is 32.3 Å². The molecule has 2 aromatic heterocycles. The SMILES string of the molecule is C/C=C(\S/C(C)=C\CC)c1cnc2c(c1)CN(C(=C\CC)/C(C)=C\c1nc(C)cc(=O)n1C)CC2. The van der Waals surface area contributed by atoms with E-state index in [1.807, 2.05) is 31.0 Å². The van der Waals surface area contributed by atoms with Gasteiger partial charge in [-0.15, -0.1) is 0 Å². The first-order valence-corrected chi connectivity index (χ1v) is 13.3. The molecule has 0 amide bonds. The third-order valence-corrected chi connectivity index (χ3v) is 7.31. The summed E-state index contributed by atoms with van der Waals surface area (Å²) in [6, 6.07) is 3.88. The van der Waals surface area contributed by atoms with Crippen LogP contribution < -0.4 is 5.56 Å².